The Balaban J connectivity index is 0.902. The number of ether oxygens (including phenoxy) is 2. The van der Waals surface area contributed by atoms with Crippen molar-refractivity contribution in [3.8, 4) is 79.4 Å². The highest BCUT2D eigenvalue weighted by Crippen LogP contribution is 2.59. The maximum absolute atomic E-state index is 6.74. The van der Waals surface area contributed by atoms with Crippen LogP contribution in [0, 0.1) is 0 Å². The fraction of sp³-hybridized carbons (Fsp3) is 0.0179. The minimum Gasteiger partial charge on any atom is -0.450 e. The van der Waals surface area contributed by atoms with Gasteiger partial charge in [-0.2, -0.15) is 0 Å². The van der Waals surface area contributed by atoms with Crippen molar-refractivity contribution in [2.24, 2.45) is 0 Å². The zero-order valence-corrected chi connectivity index (χ0v) is 32.9. The third kappa shape index (κ3) is 5.66. The first-order valence-corrected chi connectivity index (χ1v) is 20.5. The van der Waals surface area contributed by atoms with Gasteiger partial charge in [0.15, 0.2) is 40.5 Å². The van der Waals surface area contributed by atoms with Crippen LogP contribution in [0.2, 0.25) is 0 Å². The lowest BCUT2D eigenvalue weighted by Gasteiger charge is -2.34. The Hall–Kier alpha value is -8.15. The Bertz CT molecular complexity index is 3250. The molecule has 10 aromatic rings. The second-order valence-electron chi connectivity index (χ2n) is 15.5. The summed E-state index contributed by atoms with van der Waals surface area (Å²) in [6.07, 6.45) is 0. The van der Waals surface area contributed by atoms with Crippen LogP contribution in [0.5, 0.6) is 23.0 Å². The summed E-state index contributed by atoms with van der Waals surface area (Å²) in [6, 6.07) is 73.8. The van der Waals surface area contributed by atoms with Crippen LogP contribution < -0.4 is 9.47 Å². The maximum Gasteiger partial charge on any atom is 0.170 e. The second-order valence-corrected chi connectivity index (χ2v) is 15.5. The van der Waals surface area contributed by atoms with Crippen LogP contribution >= 0.6 is 0 Å². The van der Waals surface area contributed by atoms with Crippen molar-refractivity contribution >= 4 is 10.8 Å². The predicted molar refractivity (Wildman–Crippen MR) is 243 cm³/mol. The Labute approximate surface area is 353 Å². The molecular formula is C56H35N3O2. The molecule has 0 N–H and O–H groups in total. The van der Waals surface area contributed by atoms with Crippen LogP contribution in [-0.4, -0.2) is 15.0 Å². The molecule has 286 valence electrons. The summed E-state index contributed by atoms with van der Waals surface area (Å²) in [5.74, 6) is 4.61. The van der Waals surface area contributed by atoms with Crippen molar-refractivity contribution in [3.05, 3.63) is 235 Å². The SMILES string of the molecule is c1ccc(-c2nc(-c3ccc(-c4ccc5c(c4)Oc4cc6c(cc4O5)C(c4ccccc4)(c4ccccc4)c4ccccc4-6)cc3)nc(-c3cccc4ccccc34)n2)cc1. The first-order valence-electron chi connectivity index (χ1n) is 20.5. The Morgan fingerprint density at radius 2 is 0.836 bits per heavy atom. The number of rotatable bonds is 6. The van der Waals surface area contributed by atoms with E-state index in [-0.39, 0.29) is 0 Å². The fourth-order valence-corrected chi connectivity index (χ4v) is 9.27. The van der Waals surface area contributed by atoms with Gasteiger partial charge in [0.05, 0.1) is 5.41 Å². The number of fused-ring (bicyclic) bond motifs is 6. The fourth-order valence-electron chi connectivity index (χ4n) is 9.27. The van der Waals surface area contributed by atoms with E-state index in [2.05, 4.69) is 176 Å². The van der Waals surface area contributed by atoms with Gasteiger partial charge in [0.25, 0.3) is 0 Å². The van der Waals surface area contributed by atoms with E-state index in [9.17, 15) is 0 Å². The van der Waals surface area contributed by atoms with Crippen molar-refractivity contribution in [3.63, 3.8) is 0 Å². The second kappa shape index (κ2) is 14.0. The van der Waals surface area contributed by atoms with E-state index in [1.807, 2.05) is 36.4 Å². The van der Waals surface area contributed by atoms with Crippen LogP contribution in [0.4, 0.5) is 0 Å². The molecule has 0 spiro atoms. The summed E-state index contributed by atoms with van der Waals surface area (Å²) in [6.45, 7) is 0. The monoisotopic (exact) mass is 781 g/mol. The van der Waals surface area contributed by atoms with Gasteiger partial charge >= 0.3 is 0 Å². The third-order valence-corrected chi connectivity index (χ3v) is 12.1. The van der Waals surface area contributed by atoms with Gasteiger partial charge in [-0.25, -0.2) is 15.0 Å². The quantitative estimate of drug-likeness (QED) is 0.168. The van der Waals surface area contributed by atoms with Gasteiger partial charge in [-0.1, -0.05) is 188 Å². The minimum atomic E-state index is -0.523. The Morgan fingerprint density at radius 3 is 1.59 bits per heavy atom. The molecule has 0 bridgehead atoms. The molecule has 1 aromatic heterocycles. The van der Waals surface area contributed by atoms with Gasteiger partial charge in [-0.05, 0) is 79.5 Å². The molecule has 1 aliphatic carbocycles. The van der Waals surface area contributed by atoms with Crippen LogP contribution in [0.15, 0.2) is 212 Å². The highest BCUT2D eigenvalue weighted by molar-refractivity contribution is 5.95. The van der Waals surface area contributed by atoms with E-state index >= 15 is 0 Å². The summed E-state index contributed by atoms with van der Waals surface area (Å²) in [4.78, 5) is 15.0. The topological polar surface area (TPSA) is 57.1 Å². The summed E-state index contributed by atoms with van der Waals surface area (Å²) in [5.41, 5.74) is 11.5. The summed E-state index contributed by atoms with van der Waals surface area (Å²) in [7, 11) is 0. The average Bonchev–Trinajstić information content (AvgIpc) is 3.62. The zero-order valence-electron chi connectivity index (χ0n) is 32.9. The van der Waals surface area contributed by atoms with E-state index < -0.39 is 5.41 Å². The van der Waals surface area contributed by atoms with Crippen LogP contribution in [0.1, 0.15) is 22.3 Å². The van der Waals surface area contributed by atoms with E-state index in [0.29, 0.717) is 40.5 Å². The molecular weight excluding hydrogens is 747 g/mol. The van der Waals surface area contributed by atoms with E-state index in [0.717, 1.165) is 44.2 Å². The maximum atomic E-state index is 6.74. The van der Waals surface area contributed by atoms with Crippen molar-refractivity contribution in [1.82, 2.24) is 15.0 Å². The molecule has 0 amide bonds. The van der Waals surface area contributed by atoms with Gasteiger partial charge in [0.1, 0.15) is 0 Å². The molecule has 9 aromatic carbocycles. The lowest BCUT2D eigenvalue weighted by atomic mass is 9.67. The minimum absolute atomic E-state index is 0.523. The lowest BCUT2D eigenvalue weighted by molar-refractivity contribution is 0.359. The number of aromatic nitrogens is 3. The molecule has 0 atom stereocenters. The molecule has 1 aliphatic heterocycles. The summed E-state index contributed by atoms with van der Waals surface area (Å²) in [5, 5.41) is 2.23. The first kappa shape index (κ1) is 34.9. The molecule has 61 heavy (non-hydrogen) atoms. The van der Waals surface area contributed by atoms with Crippen molar-refractivity contribution in [1.29, 1.82) is 0 Å². The summed E-state index contributed by atoms with van der Waals surface area (Å²) < 4.78 is 13.5. The van der Waals surface area contributed by atoms with E-state index in [1.54, 1.807) is 0 Å². The van der Waals surface area contributed by atoms with Crippen molar-refractivity contribution < 1.29 is 9.47 Å². The Morgan fingerprint density at radius 1 is 0.311 bits per heavy atom. The number of hydrogen-bond acceptors (Lipinski definition) is 5. The molecule has 0 radical (unpaired) electrons. The van der Waals surface area contributed by atoms with Crippen molar-refractivity contribution in [2.45, 2.75) is 5.41 Å². The standard InChI is InChI=1S/C56H35N3O2/c1-4-16-38(17-5-1)53-57-54(59-55(58-53)45-25-14-18-37-15-10-11-23-43(37)45)39-29-27-36(28-30-39)40-31-32-49-50(33-40)61-51-34-46-44-24-12-13-26-47(44)56(41-19-6-2-7-20-41,42-21-8-3-9-22-42)48(46)35-52(51)60-49/h1-35H. The molecule has 12 rings (SSSR count). The van der Waals surface area contributed by atoms with Crippen LogP contribution in [0.3, 0.4) is 0 Å². The molecule has 2 heterocycles. The van der Waals surface area contributed by atoms with Gasteiger partial charge in [0.2, 0.25) is 0 Å². The van der Waals surface area contributed by atoms with Gasteiger partial charge in [-0.15, -0.1) is 0 Å². The van der Waals surface area contributed by atoms with Gasteiger partial charge in [0, 0.05) is 16.7 Å². The predicted octanol–water partition coefficient (Wildman–Crippen LogP) is 14.0. The number of nitrogens with zero attached hydrogens (tertiary/aromatic N) is 3. The summed E-state index contributed by atoms with van der Waals surface area (Å²) >= 11 is 0. The molecule has 5 nitrogen and oxygen atoms in total. The largest absolute Gasteiger partial charge is 0.450 e. The lowest BCUT2D eigenvalue weighted by Crippen LogP contribution is -2.28. The average molecular weight is 782 g/mol. The van der Waals surface area contributed by atoms with Crippen molar-refractivity contribution in [2.75, 3.05) is 0 Å². The smallest absolute Gasteiger partial charge is 0.170 e. The van der Waals surface area contributed by atoms with Gasteiger partial charge in [-0.3, -0.25) is 0 Å². The zero-order chi connectivity index (χ0) is 40.3. The molecule has 0 fully saturated rings. The molecule has 0 saturated heterocycles. The Kier molecular flexibility index (Phi) is 8.00. The number of hydrogen-bond donors (Lipinski definition) is 0. The molecule has 0 saturated carbocycles. The first-order chi connectivity index (χ1) is 30.2. The molecule has 2 aliphatic rings. The molecule has 5 heteroatoms. The highest BCUT2D eigenvalue weighted by Gasteiger charge is 2.47. The van der Waals surface area contributed by atoms with Crippen LogP contribution in [0.25, 0.3) is 67.2 Å². The number of benzene rings is 9. The normalized spacial score (nSPS) is 13.0. The van der Waals surface area contributed by atoms with E-state index in [1.165, 1.54) is 27.8 Å². The van der Waals surface area contributed by atoms with E-state index in [4.69, 9.17) is 24.4 Å². The van der Waals surface area contributed by atoms with Crippen LogP contribution in [-0.2, 0) is 5.41 Å². The molecule has 0 unspecified atom stereocenters. The highest BCUT2D eigenvalue weighted by atomic mass is 16.6. The third-order valence-electron chi connectivity index (χ3n) is 12.1. The van der Waals surface area contributed by atoms with Gasteiger partial charge < -0.3 is 9.47 Å².